The van der Waals surface area contributed by atoms with E-state index in [1.807, 2.05) is 12.1 Å². The molecule has 5 atom stereocenters. The molecule has 0 spiro atoms. The number of hydrogen-bond donors (Lipinski definition) is 5. The van der Waals surface area contributed by atoms with Crippen LogP contribution in [-0.4, -0.2) is 75.6 Å². The quantitative estimate of drug-likeness (QED) is 0.450. The van der Waals surface area contributed by atoms with Gasteiger partial charge in [-0.25, -0.2) is 4.99 Å². The Morgan fingerprint density at radius 2 is 2.26 bits per heavy atom. The zero-order chi connectivity index (χ0) is 16.6. The zero-order valence-electron chi connectivity index (χ0n) is 12.5. The molecule has 3 rings (SSSR count). The van der Waals surface area contributed by atoms with Crippen LogP contribution >= 0.6 is 0 Å². The highest BCUT2D eigenvalue weighted by atomic mass is 16.6. The van der Waals surface area contributed by atoms with Crippen molar-refractivity contribution in [2.75, 3.05) is 13.7 Å². The normalized spacial score (nSPS) is 34.4. The summed E-state index contributed by atoms with van der Waals surface area (Å²) in [6.07, 6.45) is -1.32. The Bertz CT molecular complexity index is 602. The molecular formula is C14H20N4O5. The number of rotatable bonds is 4. The van der Waals surface area contributed by atoms with E-state index in [4.69, 9.17) is 15.2 Å². The van der Waals surface area contributed by atoms with E-state index in [0.29, 0.717) is 5.57 Å². The summed E-state index contributed by atoms with van der Waals surface area (Å²) in [5.74, 6) is 0.183. The molecule has 0 aliphatic carbocycles. The second kappa shape index (κ2) is 6.30. The SMILES string of the molecule is COC1C(O)[C@@H](CO)O[C@H]1N1C=C(c2ccc[nH]2)C(N)=NC1O. The zero-order valence-corrected chi connectivity index (χ0v) is 12.5. The first-order valence-electron chi connectivity index (χ1n) is 7.18. The minimum Gasteiger partial charge on any atom is -0.394 e. The molecular weight excluding hydrogens is 304 g/mol. The fourth-order valence-electron chi connectivity index (χ4n) is 2.82. The summed E-state index contributed by atoms with van der Waals surface area (Å²) >= 11 is 0. The van der Waals surface area contributed by atoms with Gasteiger partial charge in [0.05, 0.1) is 17.9 Å². The predicted molar refractivity (Wildman–Crippen MR) is 80.8 cm³/mol. The first-order chi connectivity index (χ1) is 11.1. The molecule has 2 aliphatic rings. The van der Waals surface area contributed by atoms with Crippen LogP contribution in [0.1, 0.15) is 5.69 Å². The van der Waals surface area contributed by atoms with Gasteiger partial charge in [0.15, 0.2) is 6.23 Å². The largest absolute Gasteiger partial charge is 0.394 e. The molecule has 0 radical (unpaired) electrons. The number of H-pyrrole nitrogens is 1. The van der Waals surface area contributed by atoms with Crippen LogP contribution in [-0.2, 0) is 9.47 Å². The van der Waals surface area contributed by atoms with Crippen LogP contribution in [0.4, 0.5) is 0 Å². The molecule has 1 aromatic rings. The lowest BCUT2D eigenvalue weighted by atomic mass is 10.1. The molecule has 1 fully saturated rings. The van der Waals surface area contributed by atoms with Gasteiger partial charge in [0.25, 0.3) is 0 Å². The minimum absolute atomic E-state index is 0.183. The lowest BCUT2D eigenvalue weighted by Crippen LogP contribution is -2.49. The van der Waals surface area contributed by atoms with Crippen molar-refractivity contribution in [3.05, 3.63) is 30.2 Å². The number of amidine groups is 1. The number of nitrogens with one attached hydrogen (secondary N) is 1. The van der Waals surface area contributed by atoms with E-state index in [1.165, 1.54) is 12.0 Å². The van der Waals surface area contributed by atoms with Crippen molar-refractivity contribution in [2.45, 2.75) is 30.9 Å². The molecule has 9 heteroatoms. The van der Waals surface area contributed by atoms with E-state index in [2.05, 4.69) is 9.98 Å². The highest BCUT2D eigenvalue weighted by Crippen LogP contribution is 2.30. The summed E-state index contributed by atoms with van der Waals surface area (Å²) in [5, 5.41) is 29.6. The molecule has 0 saturated carbocycles. The molecule has 3 unspecified atom stereocenters. The first-order valence-corrected chi connectivity index (χ1v) is 7.18. The van der Waals surface area contributed by atoms with Crippen LogP contribution < -0.4 is 5.73 Å². The van der Waals surface area contributed by atoms with Gasteiger partial charge in [-0.2, -0.15) is 0 Å². The Balaban J connectivity index is 1.92. The predicted octanol–water partition coefficient (Wildman–Crippen LogP) is -1.60. The van der Waals surface area contributed by atoms with Gasteiger partial charge >= 0.3 is 0 Å². The number of aliphatic imine (C=N–C) groups is 1. The van der Waals surface area contributed by atoms with Gasteiger partial charge in [-0.3, -0.25) is 0 Å². The lowest BCUT2D eigenvalue weighted by molar-refractivity contribution is -0.135. The van der Waals surface area contributed by atoms with Gasteiger partial charge < -0.3 is 40.4 Å². The summed E-state index contributed by atoms with van der Waals surface area (Å²) in [4.78, 5) is 8.42. The average molecular weight is 324 g/mol. The molecule has 9 nitrogen and oxygen atoms in total. The van der Waals surface area contributed by atoms with E-state index in [0.717, 1.165) is 5.69 Å². The van der Waals surface area contributed by atoms with E-state index < -0.39 is 30.9 Å². The molecule has 0 aromatic carbocycles. The van der Waals surface area contributed by atoms with E-state index >= 15 is 0 Å². The number of aliphatic hydroxyl groups is 3. The van der Waals surface area contributed by atoms with Gasteiger partial charge in [-0.05, 0) is 12.1 Å². The highest BCUT2D eigenvalue weighted by Gasteiger charge is 2.48. The van der Waals surface area contributed by atoms with Crippen molar-refractivity contribution in [3.63, 3.8) is 0 Å². The smallest absolute Gasteiger partial charge is 0.229 e. The number of aliphatic hydroxyl groups excluding tert-OH is 3. The van der Waals surface area contributed by atoms with E-state index in [-0.39, 0.29) is 12.4 Å². The Morgan fingerprint density at radius 3 is 2.87 bits per heavy atom. The maximum absolute atomic E-state index is 10.2. The molecule has 2 aliphatic heterocycles. The number of methoxy groups -OCH3 is 1. The van der Waals surface area contributed by atoms with Gasteiger partial charge in [-0.1, -0.05) is 0 Å². The number of aromatic amines is 1. The maximum atomic E-state index is 10.2. The van der Waals surface area contributed by atoms with Crippen molar-refractivity contribution >= 4 is 11.4 Å². The van der Waals surface area contributed by atoms with Crippen LogP contribution in [0.3, 0.4) is 0 Å². The van der Waals surface area contributed by atoms with Crippen molar-refractivity contribution in [1.29, 1.82) is 0 Å². The van der Waals surface area contributed by atoms with Gasteiger partial charge in [0.2, 0.25) is 6.35 Å². The summed E-state index contributed by atoms with van der Waals surface area (Å²) in [7, 11) is 1.42. The Morgan fingerprint density at radius 1 is 1.48 bits per heavy atom. The monoisotopic (exact) mass is 324 g/mol. The minimum atomic E-state index is -1.28. The fourth-order valence-corrected chi connectivity index (χ4v) is 2.82. The number of hydrogen-bond acceptors (Lipinski definition) is 8. The molecule has 126 valence electrons. The summed E-state index contributed by atoms with van der Waals surface area (Å²) < 4.78 is 10.9. The number of aromatic nitrogens is 1. The van der Waals surface area contributed by atoms with E-state index in [9.17, 15) is 15.3 Å². The van der Waals surface area contributed by atoms with Gasteiger partial charge in [0.1, 0.15) is 24.1 Å². The summed E-state index contributed by atoms with van der Waals surface area (Å²) in [6.45, 7) is -0.361. The molecule has 1 aromatic heterocycles. The second-order valence-corrected chi connectivity index (χ2v) is 5.37. The fraction of sp³-hybridized carbons (Fsp3) is 0.500. The Hall–Kier alpha value is -1.91. The van der Waals surface area contributed by atoms with Crippen LogP contribution in [0.5, 0.6) is 0 Å². The maximum Gasteiger partial charge on any atom is 0.229 e. The third-order valence-electron chi connectivity index (χ3n) is 4.02. The highest BCUT2D eigenvalue weighted by molar-refractivity contribution is 6.21. The molecule has 0 bridgehead atoms. The summed E-state index contributed by atoms with van der Waals surface area (Å²) in [5.41, 5.74) is 7.20. The van der Waals surface area contributed by atoms with E-state index in [1.54, 1.807) is 12.4 Å². The van der Waals surface area contributed by atoms with Crippen molar-refractivity contribution in [2.24, 2.45) is 10.7 Å². The van der Waals surface area contributed by atoms with Crippen LogP contribution in [0, 0.1) is 0 Å². The topological polar surface area (TPSA) is 137 Å². The van der Waals surface area contributed by atoms with Crippen molar-refractivity contribution < 1.29 is 24.8 Å². The lowest BCUT2D eigenvalue weighted by Gasteiger charge is -2.35. The van der Waals surface area contributed by atoms with Gasteiger partial charge in [-0.15, -0.1) is 0 Å². The standard InChI is InChI=1S/C14H20N4O5/c1-22-11-10(20)9(6-19)23-13(11)18-5-7(8-3-2-4-16-8)12(15)17-14(18)21/h2-5,9-11,13-14,16,19-21H,6H2,1H3,(H2,15,17)/t9-,10?,11?,13-,14?/m1/s1. The second-order valence-electron chi connectivity index (χ2n) is 5.37. The van der Waals surface area contributed by atoms with Crippen molar-refractivity contribution in [1.82, 2.24) is 9.88 Å². The third-order valence-corrected chi connectivity index (χ3v) is 4.02. The number of nitrogens with zero attached hydrogens (tertiary/aromatic N) is 2. The van der Waals surface area contributed by atoms with Crippen LogP contribution in [0.15, 0.2) is 29.5 Å². The number of ether oxygens (including phenoxy) is 2. The Kier molecular flexibility index (Phi) is 4.37. The molecule has 0 amide bonds. The molecule has 1 saturated heterocycles. The number of nitrogens with two attached hydrogens (primary N) is 1. The van der Waals surface area contributed by atoms with Crippen LogP contribution in [0.2, 0.25) is 0 Å². The first kappa shape index (κ1) is 16.0. The summed E-state index contributed by atoms with van der Waals surface area (Å²) in [6, 6.07) is 3.63. The average Bonchev–Trinajstić information content (AvgIpc) is 3.15. The Labute approximate surface area is 132 Å². The molecule has 3 heterocycles. The van der Waals surface area contributed by atoms with Gasteiger partial charge in [0, 0.05) is 19.5 Å². The molecule has 6 N–H and O–H groups in total. The third kappa shape index (κ3) is 2.73. The molecule has 23 heavy (non-hydrogen) atoms. The van der Waals surface area contributed by atoms with Crippen LogP contribution in [0.25, 0.3) is 5.57 Å². The van der Waals surface area contributed by atoms with Crippen molar-refractivity contribution in [3.8, 4) is 0 Å².